The number of rotatable bonds is 2. The zero-order chi connectivity index (χ0) is 18.7. The molecular formula is C15H18F2N2O4PtS. The Kier molecular flexibility index (Phi) is 6.43. The minimum absolute atomic E-state index is 0.0397. The van der Waals surface area contributed by atoms with Crippen molar-refractivity contribution in [3.05, 3.63) is 35.4 Å². The van der Waals surface area contributed by atoms with E-state index < -0.39 is 34.4 Å². The average Bonchev–Trinajstić information content (AvgIpc) is 2.53. The summed E-state index contributed by atoms with van der Waals surface area (Å²) in [6.07, 6.45) is 1.72. The predicted octanol–water partition coefficient (Wildman–Crippen LogP) is 2.48. The van der Waals surface area contributed by atoms with E-state index in [-0.39, 0.29) is 17.2 Å². The van der Waals surface area contributed by atoms with Crippen LogP contribution in [0.5, 0.6) is 0 Å². The van der Waals surface area contributed by atoms with Gasteiger partial charge in [-0.25, -0.2) is 17.2 Å². The van der Waals surface area contributed by atoms with E-state index in [1.54, 1.807) is 12.1 Å². The summed E-state index contributed by atoms with van der Waals surface area (Å²) in [5.41, 5.74) is 0.802. The molecule has 1 aromatic carbocycles. The van der Waals surface area contributed by atoms with Crippen molar-refractivity contribution in [3.8, 4) is 0 Å². The topological polar surface area (TPSA) is 83.9 Å². The van der Waals surface area contributed by atoms with E-state index >= 15 is 0 Å². The number of piperidine rings is 1. The van der Waals surface area contributed by atoms with Crippen molar-refractivity contribution in [2.24, 2.45) is 4.40 Å². The van der Waals surface area contributed by atoms with E-state index in [9.17, 15) is 17.2 Å². The molecule has 0 aromatic heterocycles. The fourth-order valence-electron chi connectivity index (χ4n) is 3.04. The predicted molar refractivity (Wildman–Crippen MR) is 82.2 cm³/mol. The summed E-state index contributed by atoms with van der Waals surface area (Å²) >= 11 is -1.92. The van der Waals surface area contributed by atoms with Gasteiger partial charge in [0.05, 0.1) is 5.75 Å². The standard InChI is InChI=1S/C15H18F2N2O2S.2O.Pt/c1-15(16,17)12-6-4-11(5-7-12)13-3-2-8-19-9-10-22(20,21)18-14(13)19;;;/h4-7,13H,2-3,8-10H2,1H3;;;. The van der Waals surface area contributed by atoms with Crippen molar-refractivity contribution in [3.63, 3.8) is 0 Å². The van der Waals surface area contributed by atoms with Crippen LogP contribution < -0.4 is 0 Å². The van der Waals surface area contributed by atoms with E-state index in [0.717, 1.165) is 31.9 Å². The number of alkyl halides is 2. The van der Waals surface area contributed by atoms with Crippen LogP contribution in [-0.4, -0.2) is 38.0 Å². The Hall–Kier alpha value is -1.21. The third-order valence-electron chi connectivity index (χ3n) is 4.23. The maximum absolute atomic E-state index is 13.3. The van der Waals surface area contributed by atoms with Crippen LogP contribution in [0.4, 0.5) is 8.78 Å². The first-order valence-corrected chi connectivity index (χ1v) is 11.0. The van der Waals surface area contributed by atoms with E-state index in [1.807, 2.05) is 4.90 Å². The van der Waals surface area contributed by atoms with Crippen LogP contribution in [0.25, 0.3) is 0 Å². The molecule has 1 atom stereocenters. The summed E-state index contributed by atoms with van der Waals surface area (Å²) in [6.45, 7) is 2.13. The van der Waals surface area contributed by atoms with Gasteiger partial charge in [-0.3, -0.25) is 0 Å². The Morgan fingerprint density at radius 2 is 1.80 bits per heavy atom. The molecule has 2 aliphatic heterocycles. The molecule has 2 aliphatic rings. The summed E-state index contributed by atoms with van der Waals surface area (Å²) in [4.78, 5) is 2.00. The molecule has 2 heterocycles. The first-order valence-electron chi connectivity index (χ1n) is 7.58. The zero-order valence-corrected chi connectivity index (χ0v) is 16.5. The monoisotopic (exact) mass is 555 g/mol. The van der Waals surface area contributed by atoms with Crippen molar-refractivity contribution in [2.75, 3.05) is 18.8 Å². The average molecular weight is 555 g/mol. The Bertz CT molecular complexity index is 785. The van der Waals surface area contributed by atoms with Crippen molar-refractivity contribution in [1.29, 1.82) is 0 Å². The molecule has 142 valence electrons. The normalized spacial score (nSPS) is 22.4. The summed E-state index contributed by atoms with van der Waals surface area (Å²) < 4.78 is 71.0. The summed E-state index contributed by atoms with van der Waals surface area (Å²) in [6, 6.07) is 6.13. The maximum atomic E-state index is 13.3. The number of hydrogen-bond donors (Lipinski definition) is 0. The van der Waals surface area contributed by atoms with Gasteiger partial charge in [-0.15, -0.1) is 4.40 Å². The number of hydrogen-bond acceptors (Lipinski definition) is 5. The van der Waals surface area contributed by atoms with Gasteiger partial charge in [-0.2, -0.15) is 0 Å². The second kappa shape index (κ2) is 7.99. The van der Waals surface area contributed by atoms with Crippen molar-refractivity contribution in [2.45, 2.75) is 31.6 Å². The molecule has 10 heteroatoms. The van der Waals surface area contributed by atoms with E-state index in [1.165, 1.54) is 12.1 Å². The first-order chi connectivity index (χ1) is 11.7. The molecule has 0 saturated carbocycles. The Morgan fingerprint density at radius 1 is 1.20 bits per heavy atom. The molecule has 1 unspecified atom stereocenters. The molecule has 0 bridgehead atoms. The molecular weight excluding hydrogens is 537 g/mol. The summed E-state index contributed by atoms with van der Waals surface area (Å²) in [5.74, 6) is -2.40. The first kappa shape index (κ1) is 20.1. The van der Waals surface area contributed by atoms with E-state index in [0.29, 0.717) is 12.4 Å². The molecule has 1 saturated heterocycles. The van der Waals surface area contributed by atoms with E-state index in [4.69, 9.17) is 6.80 Å². The quantitative estimate of drug-likeness (QED) is 0.560. The van der Waals surface area contributed by atoms with Crippen molar-refractivity contribution < 1.29 is 42.5 Å². The van der Waals surface area contributed by atoms with Crippen LogP contribution in [0.15, 0.2) is 28.7 Å². The van der Waals surface area contributed by atoms with Crippen LogP contribution in [0.3, 0.4) is 0 Å². The van der Waals surface area contributed by atoms with E-state index in [2.05, 4.69) is 4.40 Å². The molecule has 0 spiro atoms. The van der Waals surface area contributed by atoms with Crippen LogP contribution in [0.2, 0.25) is 0 Å². The molecule has 0 aliphatic carbocycles. The van der Waals surface area contributed by atoms with Crippen LogP contribution in [0.1, 0.15) is 36.8 Å². The zero-order valence-electron chi connectivity index (χ0n) is 13.4. The Labute approximate surface area is 153 Å². The molecule has 0 radical (unpaired) electrons. The Balaban J connectivity index is 0.000000701. The third kappa shape index (κ3) is 5.14. The molecule has 0 amide bonds. The molecule has 3 rings (SSSR count). The SMILES string of the molecule is CC(F)(F)c1ccc(C2CCCN3CCS(=O)(=O)N=C23)cc1.[O]=[Pt]=[O]. The molecule has 25 heavy (non-hydrogen) atoms. The number of amidine groups is 1. The van der Waals surface area contributed by atoms with Gasteiger partial charge >= 0.3 is 25.3 Å². The number of nitrogens with zero attached hydrogens (tertiary/aromatic N) is 2. The van der Waals surface area contributed by atoms with Gasteiger partial charge in [0.2, 0.25) is 0 Å². The van der Waals surface area contributed by atoms with Crippen LogP contribution >= 0.6 is 0 Å². The molecule has 1 fully saturated rings. The fourth-order valence-corrected chi connectivity index (χ4v) is 4.11. The molecule has 0 N–H and O–H groups in total. The van der Waals surface area contributed by atoms with Gasteiger partial charge < -0.3 is 4.90 Å². The van der Waals surface area contributed by atoms with Gasteiger partial charge in [0.25, 0.3) is 15.9 Å². The van der Waals surface area contributed by atoms with Gasteiger partial charge in [-0.05, 0) is 18.4 Å². The Morgan fingerprint density at radius 3 is 2.36 bits per heavy atom. The van der Waals surface area contributed by atoms with Gasteiger partial charge in [0, 0.05) is 31.5 Å². The fraction of sp³-hybridized carbons (Fsp3) is 0.533. The van der Waals surface area contributed by atoms with Gasteiger partial charge in [-0.1, -0.05) is 24.3 Å². The van der Waals surface area contributed by atoms with Gasteiger partial charge in [0.15, 0.2) is 0 Å². The summed E-state index contributed by atoms with van der Waals surface area (Å²) in [7, 11) is -3.40. The number of fused-ring (bicyclic) bond motifs is 1. The molecule has 1 aromatic rings. The van der Waals surface area contributed by atoms with Crippen LogP contribution in [-0.2, 0) is 41.2 Å². The second-order valence-electron chi connectivity index (χ2n) is 5.98. The van der Waals surface area contributed by atoms with Crippen molar-refractivity contribution >= 4 is 15.9 Å². The summed E-state index contributed by atoms with van der Waals surface area (Å²) in [5, 5.41) is 0. The van der Waals surface area contributed by atoms with Crippen LogP contribution in [0, 0.1) is 0 Å². The number of sulfonamides is 1. The second-order valence-corrected chi connectivity index (χ2v) is 8.11. The van der Waals surface area contributed by atoms with Crippen molar-refractivity contribution in [1.82, 2.24) is 4.90 Å². The minimum atomic E-state index is -3.40. The van der Waals surface area contributed by atoms with Gasteiger partial charge in [0.1, 0.15) is 5.84 Å². The number of benzene rings is 1. The molecule has 6 nitrogen and oxygen atoms in total. The third-order valence-corrected chi connectivity index (χ3v) is 5.39. The number of halogens is 2.